The van der Waals surface area contributed by atoms with E-state index in [1.54, 1.807) is 11.8 Å². The monoisotopic (exact) mass is 295 g/mol. The topological polar surface area (TPSA) is 64.1 Å². The van der Waals surface area contributed by atoms with Crippen molar-refractivity contribution in [2.45, 2.75) is 38.1 Å². The Morgan fingerprint density at radius 2 is 2.25 bits per heavy atom. The molecule has 1 aliphatic carbocycles. The fourth-order valence-corrected chi connectivity index (χ4v) is 3.28. The van der Waals surface area contributed by atoms with Gasteiger partial charge in [-0.25, -0.2) is 9.97 Å². The predicted molar refractivity (Wildman–Crippen MR) is 80.0 cm³/mol. The highest BCUT2D eigenvalue weighted by molar-refractivity contribution is 7.99. The zero-order chi connectivity index (χ0) is 14.6. The molecule has 1 aromatic rings. The van der Waals surface area contributed by atoms with Gasteiger partial charge >= 0.3 is 5.97 Å². The number of methoxy groups -OCH3 is 1. The molecule has 1 heterocycles. The van der Waals surface area contributed by atoms with Gasteiger partial charge in [0.25, 0.3) is 0 Å². The zero-order valence-corrected chi connectivity index (χ0v) is 13.0. The van der Waals surface area contributed by atoms with Crippen molar-refractivity contribution in [2.24, 2.45) is 5.41 Å². The molecule has 1 aliphatic rings. The van der Waals surface area contributed by atoms with Gasteiger partial charge in [-0.05, 0) is 32.1 Å². The van der Waals surface area contributed by atoms with E-state index in [-0.39, 0.29) is 11.4 Å². The average molecular weight is 295 g/mol. The normalized spacial score (nSPS) is 15.8. The summed E-state index contributed by atoms with van der Waals surface area (Å²) in [5.41, 5.74) is 0.120. The first-order chi connectivity index (χ1) is 9.57. The highest BCUT2D eigenvalue weighted by Gasteiger charge is 2.44. The minimum atomic E-state index is -0.115. The van der Waals surface area contributed by atoms with E-state index in [9.17, 15) is 4.79 Å². The van der Waals surface area contributed by atoms with Crippen molar-refractivity contribution in [3.05, 3.63) is 11.9 Å². The number of nitrogens with zero attached hydrogens (tertiary/aromatic N) is 2. The Labute approximate surface area is 123 Å². The summed E-state index contributed by atoms with van der Waals surface area (Å²) in [6, 6.07) is 1.97. The number of ether oxygens (including phenoxy) is 1. The van der Waals surface area contributed by atoms with Crippen LogP contribution in [0.5, 0.6) is 0 Å². The average Bonchev–Trinajstić information content (AvgIpc) is 3.16. The number of hydrogen-bond acceptors (Lipinski definition) is 6. The molecule has 1 saturated carbocycles. The number of nitrogens with one attached hydrogen (secondary N) is 1. The second-order valence-corrected chi connectivity index (χ2v) is 6.21. The van der Waals surface area contributed by atoms with E-state index >= 15 is 0 Å². The van der Waals surface area contributed by atoms with Crippen LogP contribution in [0.25, 0.3) is 0 Å². The van der Waals surface area contributed by atoms with Gasteiger partial charge in [-0.15, -0.1) is 11.8 Å². The van der Waals surface area contributed by atoms with Crippen LogP contribution in [0, 0.1) is 12.3 Å². The summed E-state index contributed by atoms with van der Waals surface area (Å²) in [7, 11) is 1.45. The third-order valence-corrected chi connectivity index (χ3v) is 4.66. The van der Waals surface area contributed by atoms with Gasteiger partial charge in [-0.2, -0.15) is 0 Å². The summed E-state index contributed by atoms with van der Waals surface area (Å²) in [6.07, 6.45) is 2.71. The number of thioether (sulfide) groups is 1. The fraction of sp³-hybridized carbons (Fsp3) is 0.643. The van der Waals surface area contributed by atoms with Gasteiger partial charge in [-0.1, -0.05) is 0 Å². The smallest absolute Gasteiger partial charge is 0.306 e. The number of carbonyl (C=O) groups is 1. The first-order valence-corrected chi connectivity index (χ1v) is 7.85. The third-order valence-electron chi connectivity index (χ3n) is 3.40. The van der Waals surface area contributed by atoms with Gasteiger partial charge in [0.2, 0.25) is 0 Å². The van der Waals surface area contributed by atoms with Crippen LogP contribution in [-0.4, -0.2) is 35.3 Å². The zero-order valence-electron chi connectivity index (χ0n) is 12.2. The molecule has 0 spiro atoms. The predicted octanol–water partition coefficient (Wildman–Crippen LogP) is 2.65. The number of anilines is 1. The number of hydrogen-bond donors (Lipinski definition) is 1. The number of carbonyl (C=O) groups excluding carboxylic acids is 1. The molecule has 0 aromatic carbocycles. The van der Waals surface area contributed by atoms with Gasteiger partial charge in [0.05, 0.1) is 13.5 Å². The Hall–Kier alpha value is -1.30. The van der Waals surface area contributed by atoms with Crippen LogP contribution in [0.1, 0.15) is 32.0 Å². The van der Waals surface area contributed by atoms with Gasteiger partial charge in [0.1, 0.15) is 16.7 Å². The molecular formula is C14H21N3O2S. The molecule has 110 valence electrons. The maximum atomic E-state index is 11.4. The lowest BCUT2D eigenvalue weighted by molar-refractivity contribution is -0.141. The van der Waals surface area contributed by atoms with Crippen LogP contribution < -0.4 is 5.32 Å². The molecule has 1 N–H and O–H groups in total. The van der Waals surface area contributed by atoms with Crippen LogP contribution in [0.4, 0.5) is 5.82 Å². The summed E-state index contributed by atoms with van der Waals surface area (Å²) in [5, 5.41) is 4.17. The molecule has 1 fully saturated rings. The Bertz CT molecular complexity index is 489. The van der Waals surface area contributed by atoms with Crippen molar-refractivity contribution in [1.82, 2.24) is 9.97 Å². The third kappa shape index (κ3) is 4.10. The summed E-state index contributed by atoms with van der Waals surface area (Å²) in [6.45, 7) is 4.78. The van der Waals surface area contributed by atoms with Gasteiger partial charge in [0, 0.05) is 18.4 Å². The molecule has 0 bridgehead atoms. The molecule has 2 rings (SSSR count). The van der Waals surface area contributed by atoms with Gasteiger partial charge in [-0.3, -0.25) is 4.79 Å². The fourth-order valence-electron chi connectivity index (χ4n) is 2.04. The maximum Gasteiger partial charge on any atom is 0.306 e. The lowest BCUT2D eigenvalue weighted by Gasteiger charge is -2.13. The SMILES string of the molecule is CCNc1cc(SCC2(CC(=O)OC)CC2)nc(C)n1. The highest BCUT2D eigenvalue weighted by atomic mass is 32.2. The standard InChI is InChI=1S/C14H21N3O2S/c1-4-15-11-7-12(17-10(2)16-11)20-9-14(5-6-14)8-13(18)19-3/h7H,4-6,8-9H2,1-3H3,(H,15,16,17). The minimum Gasteiger partial charge on any atom is -0.469 e. The molecular weight excluding hydrogens is 274 g/mol. The van der Waals surface area contributed by atoms with Crippen LogP contribution in [0.3, 0.4) is 0 Å². The van der Waals surface area contributed by atoms with E-state index in [1.807, 2.05) is 19.9 Å². The summed E-state index contributed by atoms with van der Waals surface area (Å²) < 4.78 is 4.76. The molecule has 20 heavy (non-hydrogen) atoms. The molecule has 1 aromatic heterocycles. The van der Waals surface area contributed by atoms with E-state index in [2.05, 4.69) is 15.3 Å². The number of esters is 1. The molecule has 0 saturated heterocycles. The van der Waals surface area contributed by atoms with Crippen LogP contribution in [0.15, 0.2) is 11.1 Å². The van der Waals surface area contributed by atoms with Crippen molar-refractivity contribution in [3.8, 4) is 0 Å². The van der Waals surface area contributed by atoms with Gasteiger partial charge < -0.3 is 10.1 Å². The lowest BCUT2D eigenvalue weighted by Crippen LogP contribution is -2.13. The van der Waals surface area contributed by atoms with E-state index in [4.69, 9.17) is 4.74 Å². The van der Waals surface area contributed by atoms with Crippen LogP contribution >= 0.6 is 11.8 Å². The van der Waals surface area contributed by atoms with Crippen LogP contribution in [-0.2, 0) is 9.53 Å². The molecule has 6 heteroatoms. The first-order valence-electron chi connectivity index (χ1n) is 6.86. The molecule has 0 aliphatic heterocycles. The van der Waals surface area contributed by atoms with Crippen molar-refractivity contribution in [1.29, 1.82) is 0 Å². The van der Waals surface area contributed by atoms with E-state index < -0.39 is 0 Å². The van der Waals surface area contributed by atoms with E-state index in [0.717, 1.165) is 41.8 Å². The Kier molecular flexibility index (Phi) is 4.86. The van der Waals surface area contributed by atoms with E-state index in [1.165, 1.54) is 7.11 Å². The second-order valence-electron chi connectivity index (χ2n) is 5.21. The molecule has 0 atom stereocenters. The molecule has 0 amide bonds. The molecule has 0 radical (unpaired) electrons. The summed E-state index contributed by atoms with van der Waals surface area (Å²) in [4.78, 5) is 20.2. The highest BCUT2D eigenvalue weighted by Crippen LogP contribution is 2.52. The van der Waals surface area contributed by atoms with Gasteiger partial charge in [0.15, 0.2) is 0 Å². The largest absolute Gasteiger partial charge is 0.469 e. The number of aryl methyl sites for hydroxylation is 1. The van der Waals surface area contributed by atoms with Crippen molar-refractivity contribution in [2.75, 3.05) is 24.7 Å². The second kappa shape index (κ2) is 6.43. The van der Waals surface area contributed by atoms with E-state index in [0.29, 0.717) is 6.42 Å². The van der Waals surface area contributed by atoms with Crippen molar-refractivity contribution >= 4 is 23.5 Å². The lowest BCUT2D eigenvalue weighted by atomic mass is 10.1. The van der Waals surface area contributed by atoms with Crippen molar-refractivity contribution < 1.29 is 9.53 Å². The molecule has 5 nitrogen and oxygen atoms in total. The summed E-state index contributed by atoms with van der Waals surface area (Å²) in [5.74, 6) is 2.42. The summed E-state index contributed by atoms with van der Waals surface area (Å²) >= 11 is 1.70. The quantitative estimate of drug-likeness (QED) is 0.474. The molecule has 0 unspecified atom stereocenters. The van der Waals surface area contributed by atoms with Crippen molar-refractivity contribution in [3.63, 3.8) is 0 Å². The Balaban J connectivity index is 1.95. The Morgan fingerprint density at radius 1 is 1.50 bits per heavy atom. The number of rotatable bonds is 7. The van der Waals surface area contributed by atoms with Crippen LogP contribution in [0.2, 0.25) is 0 Å². The maximum absolute atomic E-state index is 11.4. The number of aromatic nitrogens is 2. The first kappa shape index (κ1) is 15.1. The minimum absolute atomic E-state index is 0.115. The Morgan fingerprint density at radius 3 is 2.85 bits per heavy atom.